The summed E-state index contributed by atoms with van der Waals surface area (Å²) in [7, 11) is 1.55. The predicted octanol–water partition coefficient (Wildman–Crippen LogP) is 2.42. The number of aromatic amines is 1. The molecule has 33 heavy (non-hydrogen) atoms. The van der Waals surface area contributed by atoms with Gasteiger partial charge in [-0.2, -0.15) is 5.26 Å². The first-order valence-corrected chi connectivity index (χ1v) is 10.9. The van der Waals surface area contributed by atoms with Crippen molar-refractivity contribution in [2.24, 2.45) is 5.92 Å². The summed E-state index contributed by atoms with van der Waals surface area (Å²) in [6, 6.07) is 7.40. The van der Waals surface area contributed by atoms with Crippen molar-refractivity contribution >= 4 is 29.0 Å². The summed E-state index contributed by atoms with van der Waals surface area (Å²) in [4.78, 5) is 42.3. The van der Waals surface area contributed by atoms with Gasteiger partial charge in [-0.1, -0.05) is 6.07 Å². The topological polar surface area (TPSA) is 125 Å². The molecular weight excluding hydrogens is 424 g/mol. The van der Waals surface area contributed by atoms with Crippen LogP contribution in [-0.2, 0) is 14.3 Å². The Kier molecular flexibility index (Phi) is 7.08. The van der Waals surface area contributed by atoms with Crippen molar-refractivity contribution in [3.05, 3.63) is 30.0 Å². The molecule has 2 N–H and O–H groups in total. The Labute approximate surface area is 193 Å². The van der Waals surface area contributed by atoms with E-state index in [9.17, 15) is 19.6 Å². The molecule has 9 nitrogen and oxygen atoms in total. The molecular formula is C24H30N4O5. The van der Waals surface area contributed by atoms with Gasteiger partial charge in [0.1, 0.15) is 29.8 Å². The van der Waals surface area contributed by atoms with Gasteiger partial charge in [-0.3, -0.25) is 9.59 Å². The van der Waals surface area contributed by atoms with Crippen LogP contribution in [0.1, 0.15) is 44.6 Å². The number of carbonyl (C=O) groups excluding carboxylic acids is 3. The number of hydrogen-bond acceptors (Lipinski definition) is 6. The fourth-order valence-corrected chi connectivity index (χ4v) is 4.16. The number of aldehydes is 1. The quantitative estimate of drug-likeness (QED) is 0.619. The van der Waals surface area contributed by atoms with Crippen molar-refractivity contribution in [3.63, 3.8) is 0 Å². The Morgan fingerprint density at radius 3 is 2.70 bits per heavy atom. The molecule has 0 spiro atoms. The summed E-state index contributed by atoms with van der Waals surface area (Å²) < 4.78 is 11.3. The van der Waals surface area contributed by atoms with Crippen LogP contribution in [0.4, 0.5) is 0 Å². The number of amides is 2. The maximum absolute atomic E-state index is 13.5. The van der Waals surface area contributed by atoms with Crippen LogP contribution in [0.5, 0.6) is 5.75 Å². The van der Waals surface area contributed by atoms with E-state index in [0.717, 1.165) is 17.2 Å². The van der Waals surface area contributed by atoms with E-state index in [1.807, 2.05) is 32.9 Å². The Balaban J connectivity index is 1.90. The molecule has 2 heterocycles. The van der Waals surface area contributed by atoms with Gasteiger partial charge in [-0.15, -0.1) is 0 Å². The minimum Gasteiger partial charge on any atom is -0.496 e. The number of nitriles is 1. The van der Waals surface area contributed by atoms with Crippen molar-refractivity contribution in [1.82, 2.24) is 15.2 Å². The van der Waals surface area contributed by atoms with Crippen molar-refractivity contribution in [1.29, 1.82) is 5.26 Å². The highest BCUT2D eigenvalue weighted by atomic mass is 16.5. The molecule has 0 saturated carbocycles. The molecule has 1 saturated heterocycles. The van der Waals surface area contributed by atoms with Crippen LogP contribution in [0.15, 0.2) is 24.3 Å². The average molecular weight is 455 g/mol. The molecule has 1 aliphatic rings. The van der Waals surface area contributed by atoms with E-state index in [-0.39, 0.29) is 18.7 Å². The Morgan fingerprint density at radius 2 is 2.09 bits per heavy atom. The second-order valence-corrected chi connectivity index (χ2v) is 9.26. The first-order chi connectivity index (χ1) is 15.6. The minimum atomic E-state index is -1.05. The normalized spacial score (nSPS) is 20.2. The van der Waals surface area contributed by atoms with Crippen LogP contribution in [0.25, 0.3) is 10.9 Å². The monoisotopic (exact) mass is 454 g/mol. The highest BCUT2D eigenvalue weighted by Gasteiger charge is 2.41. The number of carbonyl (C=O) groups is 3. The minimum absolute atomic E-state index is 0.138. The molecule has 4 atom stereocenters. The predicted molar refractivity (Wildman–Crippen MR) is 122 cm³/mol. The lowest BCUT2D eigenvalue weighted by atomic mass is 10.1. The van der Waals surface area contributed by atoms with Gasteiger partial charge in [-0.05, 0) is 52.3 Å². The van der Waals surface area contributed by atoms with Crippen molar-refractivity contribution in [3.8, 4) is 11.8 Å². The molecule has 4 unspecified atom stereocenters. The van der Waals surface area contributed by atoms with E-state index < -0.39 is 41.5 Å². The number of nitrogens with one attached hydrogen (secondary N) is 2. The standard InChI is InChI=1S/C24H30N4O5/c1-14(33-24(2,3)4)21(23(31)28-12-15(13-29)9-16(28)11-25)27-22(30)19-10-17-18(26-19)7-6-8-20(17)32-5/h6-8,10,13-16,21,26H,9,12H2,1-5H3,(H,27,30). The lowest BCUT2D eigenvalue weighted by Gasteiger charge is -2.33. The van der Waals surface area contributed by atoms with E-state index in [0.29, 0.717) is 5.75 Å². The molecule has 9 heteroatoms. The van der Waals surface area contributed by atoms with Gasteiger partial charge in [0.25, 0.3) is 5.91 Å². The molecule has 2 aromatic rings. The Hall–Kier alpha value is -3.38. The van der Waals surface area contributed by atoms with Gasteiger partial charge in [0.15, 0.2) is 0 Å². The number of likely N-dealkylation sites (tertiary alicyclic amines) is 1. The van der Waals surface area contributed by atoms with E-state index in [4.69, 9.17) is 9.47 Å². The zero-order valence-electron chi connectivity index (χ0n) is 19.5. The van der Waals surface area contributed by atoms with Gasteiger partial charge < -0.3 is 29.5 Å². The number of benzene rings is 1. The maximum atomic E-state index is 13.5. The van der Waals surface area contributed by atoms with Crippen LogP contribution in [-0.4, -0.2) is 65.4 Å². The number of nitrogens with zero attached hydrogens (tertiary/aromatic N) is 2. The summed E-state index contributed by atoms with van der Waals surface area (Å²) in [5.74, 6) is -0.732. The van der Waals surface area contributed by atoms with Gasteiger partial charge >= 0.3 is 0 Å². The van der Waals surface area contributed by atoms with Crippen LogP contribution in [0, 0.1) is 17.2 Å². The van der Waals surface area contributed by atoms with Crippen LogP contribution < -0.4 is 10.1 Å². The summed E-state index contributed by atoms with van der Waals surface area (Å²) in [5.41, 5.74) is 0.417. The summed E-state index contributed by atoms with van der Waals surface area (Å²) in [5, 5.41) is 13.0. The molecule has 1 aromatic heterocycles. The number of methoxy groups -OCH3 is 1. The molecule has 176 valence electrons. The Morgan fingerprint density at radius 1 is 1.36 bits per heavy atom. The van der Waals surface area contributed by atoms with Crippen molar-refractivity contribution in [2.75, 3.05) is 13.7 Å². The second kappa shape index (κ2) is 9.63. The fraction of sp³-hybridized carbons (Fsp3) is 0.500. The molecule has 1 fully saturated rings. The second-order valence-electron chi connectivity index (χ2n) is 9.26. The van der Waals surface area contributed by atoms with E-state index in [1.54, 1.807) is 26.2 Å². The SMILES string of the molecule is COc1cccc2[nH]c(C(=O)NC(C(=O)N3CC(C=O)CC3C#N)C(C)OC(C)(C)C)cc12. The first-order valence-electron chi connectivity index (χ1n) is 10.9. The molecule has 2 amide bonds. The zero-order chi connectivity index (χ0) is 24.3. The molecule has 3 rings (SSSR count). The lowest BCUT2D eigenvalue weighted by molar-refractivity contribution is -0.141. The zero-order valence-corrected chi connectivity index (χ0v) is 19.5. The number of fused-ring (bicyclic) bond motifs is 1. The van der Waals surface area contributed by atoms with E-state index in [2.05, 4.69) is 16.4 Å². The van der Waals surface area contributed by atoms with Crippen molar-refractivity contribution < 1.29 is 23.9 Å². The molecule has 1 aliphatic heterocycles. The van der Waals surface area contributed by atoms with E-state index >= 15 is 0 Å². The van der Waals surface area contributed by atoms with Gasteiger partial charge in [0, 0.05) is 23.4 Å². The first kappa shape index (κ1) is 24.3. The fourth-order valence-electron chi connectivity index (χ4n) is 4.16. The highest BCUT2D eigenvalue weighted by molar-refractivity contribution is 6.01. The third kappa shape index (κ3) is 5.34. The van der Waals surface area contributed by atoms with Crippen LogP contribution in [0.2, 0.25) is 0 Å². The van der Waals surface area contributed by atoms with E-state index in [1.165, 1.54) is 4.90 Å². The number of rotatable bonds is 7. The van der Waals surface area contributed by atoms with Gasteiger partial charge in [0.2, 0.25) is 5.91 Å². The number of hydrogen-bond donors (Lipinski definition) is 2. The van der Waals surface area contributed by atoms with Crippen LogP contribution in [0.3, 0.4) is 0 Å². The Bertz CT molecular complexity index is 1080. The lowest BCUT2D eigenvalue weighted by Crippen LogP contribution is -2.56. The molecule has 0 radical (unpaired) electrons. The smallest absolute Gasteiger partial charge is 0.268 e. The average Bonchev–Trinajstić information content (AvgIpc) is 3.39. The summed E-state index contributed by atoms with van der Waals surface area (Å²) in [6.07, 6.45) is 0.357. The summed E-state index contributed by atoms with van der Waals surface area (Å²) >= 11 is 0. The third-order valence-electron chi connectivity index (χ3n) is 5.61. The third-order valence-corrected chi connectivity index (χ3v) is 5.61. The summed E-state index contributed by atoms with van der Waals surface area (Å²) in [6.45, 7) is 7.41. The molecule has 1 aromatic carbocycles. The molecule has 0 bridgehead atoms. The largest absolute Gasteiger partial charge is 0.496 e. The van der Waals surface area contributed by atoms with Gasteiger partial charge in [0.05, 0.1) is 24.9 Å². The highest BCUT2D eigenvalue weighted by Crippen LogP contribution is 2.27. The van der Waals surface area contributed by atoms with Gasteiger partial charge in [-0.25, -0.2) is 0 Å². The van der Waals surface area contributed by atoms with Crippen LogP contribution >= 0.6 is 0 Å². The number of H-pyrrole nitrogens is 1. The van der Waals surface area contributed by atoms with Crippen molar-refractivity contribution in [2.45, 2.75) is 57.9 Å². The molecule has 0 aliphatic carbocycles. The maximum Gasteiger partial charge on any atom is 0.268 e. The number of aromatic nitrogens is 1. The number of ether oxygens (including phenoxy) is 2.